The molecule has 0 unspecified atom stereocenters. The van der Waals surface area contributed by atoms with Crippen molar-refractivity contribution in [1.82, 2.24) is 4.31 Å². The van der Waals surface area contributed by atoms with E-state index in [1.54, 1.807) is 80.6 Å². The summed E-state index contributed by atoms with van der Waals surface area (Å²) in [4.78, 5) is 39.7. The van der Waals surface area contributed by atoms with Crippen molar-refractivity contribution in [2.75, 3.05) is 17.7 Å². The van der Waals surface area contributed by atoms with E-state index in [0.29, 0.717) is 16.8 Å². The monoisotopic (exact) mass is 569 g/mol. The highest BCUT2D eigenvalue weighted by molar-refractivity contribution is 7.89. The van der Waals surface area contributed by atoms with Crippen LogP contribution in [0.5, 0.6) is 0 Å². The number of aryl methyl sites for hydroxylation is 1. The first-order valence-electron chi connectivity index (χ1n) is 13.0. The number of hydrogen-bond acceptors (Lipinski definition) is 5. The number of rotatable bonds is 9. The Hall–Kier alpha value is -4.60. The van der Waals surface area contributed by atoms with E-state index in [-0.39, 0.29) is 33.5 Å². The lowest BCUT2D eigenvalue weighted by atomic mass is 9.99. The Morgan fingerprint density at radius 3 is 1.93 bits per heavy atom. The molecule has 210 valence electrons. The Kier molecular flexibility index (Phi) is 8.80. The molecule has 0 aromatic heterocycles. The maximum absolute atomic E-state index is 13.4. The summed E-state index contributed by atoms with van der Waals surface area (Å²) in [5.41, 5.74) is 2.73. The van der Waals surface area contributed by atoms with Crippen molar-refractivity contribution < 1.29 is 22.8 Å². The average molecular weight is 570 g/mol. The van der Waals surface area contributed by atoms with E-state index in [2.05, 4.69) is 10.6 Å². The van der Waals surface area contributed by atoms with Crippen molar-refractivity contribution in [1.29, 1.82) is 0 Å². The summed E-state index contributed by atoms with van der Waals surface area (Å²) in [7, 11) is -2.19. The molecule has 0 aliphatic heterocycles. The fourth-order valence-electron chi connectivity index (χ4n) is 4.10. The van der Waals surface area contributed by atoms with Gasteiger partial charge in [0.05, 0.1) is 21.8 Å². The summed E-state index contributed by atoms with van der Waals surface area (Å²) < 4.78 is 26.7. The number of carbonyl (C=O) groups excluding carboxylic acids is 3. The second-order valence-electron chi connectivity index (χ2n) is 9.84. The lowest BCUT2D eigenvalue weighted by Crippen LogP contribution is -2.33. The predicted molar refractivity (Wildman–Crippen MR) is 160 cm³/mol. The standard InChI is InChI=1S/C32H31N3O5S/c1-21(2)35(4)41(39,40)25-17-15-24(16-18-25)31(37)33-28-13-9-8-12-26(28)32(38)34-29-19-14-22(3)20-27(29)30(36)23-10-6-5-7-11-23/h5-21H,1-4H3,(H,33,37)(H,34,38). The molecule has 0 aliphatic rings. The first-order chi connectivity index (χ1) is 19.5. The maximum atomic E-state index is 13.4. The van der Waals surface area contributed by atoms with Gasteiger partial charge < -0.3 is 10.6 Å². The van der Waals surface area contributed by atoms with Crippen molar-refractivity contribution in [3.05, 3.63) is 125 Å². The molecule has 2 N–H and O–H groups in total. The Labute approximate surface area is 240 Å². The summed E-state index contributed by atoms with van der Waals surface area (Å²) in [6.45, 7) is 5.41. The third-order valence-electron chi connectivity index (χ3n) is 6.64. The summed E-state index contributed by atoms with van der Waals surface area (Å²) >= 11 is 0. The van der Waals surface area contributed by atoms with Gasteiger partial charge in [-0.25, -0.2) is 8.42 Å². The summed E-state index contributed by atoms with van der Waals surface area (Å²) in [6, 6.07) is 25.9. The predicted octanol–water partition coefficient (Wildman–Crippen LogP) is 5.76. The Bertz CT molecular complexity index is 1700. The number of nitrogens with one attached hydrogen (secondary N) is 2. The molecule has 0 atom stereocenters. The van der Waals surface area contributed by atoms with Crippen molar-refractivity contribution >= 4 is 39.0 Å². The number of carbonyl (C=O) groups is 3. The molecule has 0 bridgehead atoms. The van der Waals surface area contributed by atoms with Crippen LogP contribution in [0.1, 0.15) is 56.0 Å². The average Bonchev–Trinajstić information content (AvgIpc) is 2.97. The van der Waals surface area contributed by atoms with E-state index in [4.69, 9.17) is 0 Å². The van der Waals surface area contributed by atoms with Gasteiger partial charge in [-0.2, -0.15) is 4.31 Å². The van der Waals surface area contributed by atoms with Crippen LogP contribution in [0.4, 0.5) is 11.4 Å². The van der Waals surface area contributed by atoms with Crippen LogP contribution in [-0.4, -0.2) is 43.4 Å². The zero-order valence-electron chi connectivity index (χ0n) is 23.2. The fourth-order valence-corrected chi connectivity index (χ4v) is 5.46. The molecule has 0 fully saturated rings. The molecule has 4 aromatic carbocycles. The second kappa shape index (κ2) is 12.3. The smallest absolute Gasteiger partial charge is 0.257 e. The first kappa shape index (κ1) is 29.4. The number of hydrogen-bond donors (Lipinski definition) is 2. The van der Waals surface area contributed by atoms with Crippen LogP contribution in [0.3, 0.4) is 0 Å². The molecule has 0 saturated heterocycles. The van der Waals surface area contributed by atoms with Crippen LogP contribution >= 0.6 is 0 Å². The van der Waals surface area contributed by atoms with Gasteiger partial charge in [0.25, 0.3) is 11.8 Å². The van der Waals surface area contributed by atoms with Gasteiger partial charge in [-0.05, 0) is 69.3 Å². The number of benzene rings is 4. The van der Waals surface area contributed by atoms with Crippen LogP contribution < -0.4 is 10.6 Å². The lowest BCUT2D eigenvalue weighted by Gasteiger charge is -2.21. The van der Waals surface area contributed by atoms with Gasteiger partial charge in [-0.1, -0.05) is 54.1 Å². The van der Waals surface area contributed by atoms with Crippen LogP contribution in [0.15, 0.2) is 102 Å². The SMILES string of the molecule is Cc1ccc(NC(=O)c2ccccc2NC(=O)c2ccc(S(=O)(=O)N(C)C(C)C)cc2)c(C(=O)c2ccccc2)c1. The van der Waals surface area contributed by atoms with Crippen molar-refractivity contribution in [2.45, 2.75) is 31.7 Å². The lowest BCUT2D eigenvalue weighted by molar-refractivity contribution is 0.102. The van der Waals surface area contributed by atoms with Crippen molar-refractivity contribution in [3.63, 3.8) is 0 Å². The number of nitrogens with zero attached hydrogens (tertiary/aromatic N) is 1. The van der Waals surface area contributed by atoms with E-state index in [1.807, 2.05) is 13.0 Å². The van der Waals surface area contributed by atoms with E-state index in [9.17, 15) is 22.8 Å². The first-order valence-corrected chi connectivity index (χ1v) is 14.4. The van der Waals surface area contributed by atoms with E-state index in [1.165, 1.54) is 35.6 Å². The molecule has 2 amide bonds. The molecule has 0 heterocycles. The molecule has 0 spiro atoms. The minimum Gasteiger partial charge on any atom is -0.321 e. The summed E-state index contributed by atoms with van der Waals surface area (Å²) in [5, 5.41) is 5.56. The zero-order chi connectivity index (χ0) is 29.7. The van der Waals surface area contributed by atoms with Gasteiger partial charge in [0.2, 0.25) is 10.0 Å². The summed E-state index contributed by atoms with van der Waals surface area (Å²) in [6.07, 6.45) is 0. The number of ketones is 1. The Morgan fingerprint density at radius 2 is 1.27 bits per heavy atom. The Balaban J connectivity index is 1.55. The molecule has 4 rings (SSSR count). The van der Waals surface area contributed by atoms with Crippen molar-refractivity contribution in [3.8, 4) is 0 Å². The van der Waals surface area contributed by atoms with E-state index in [0.717, 1.165) is 5.56 Å². The Morgan fingerprint density at radius 1 is 0.683 bits per heavy atom. The van der Waals surface area contributed by atoms with Crippen LogP contribution in [0.2, 0.25) is 0 Å². The largest absolute Gasteiger partial charge is 0.321 e. The molecule has 0 saturated carbocycles. The van der Waals surface area contributed by atoms with Gasteiger partial charge >= 0.3 is 0 Å². The maximum Gasteiger partial charge on any atom is 0.257 e. The minimum atomic E-state index is -3.69. The third-order valence-corrected chi connectivity index (χ3v) is 8.69. The molecule has 8 nitrogen and oxygen atoms in total. The second-order valence-corrected chi connectivity index (χ2v) is 11.8. The number of anilines is 2. The molecule has 0 aliphatic carbocycles. The zero-order valence-corrected chi connectivity index (χ0v) is 24.0. The van der Waals surface area contributed by atoms with Crippen molar-refractivity contribution in [2.24, 2.45) is 0 Å². The van der Waals surface area contributed by atoms with Gasteiger partial charge in [-0.15, -0.1) is 0 Å². The molecular formula is C32H31N3O5S. The fraction of sp³-hybridized carbons (Fsp3) is 0.156. The van der Waals surface area contributed by atoms with Gasteiger partial charge in [-0.3, -0.25) is 14.4 Å². The topological polar surface area (TPSA) is 113 Å². The third kappa shape index (κ3) is 6.59. The van der Waals surface area contributed by atoms with Crippen LogP contribution in [-0.2, 0) is 10.0 Å². The van der Waals surface area contributed by atoms with E-state index < -0.39 is 21.8 Å². The van der Waals surface area contributed by atoms with Gasteiger partial charge in [0.15, 0.2) is 5.78 Å². The summed E-state index contributed by atoms with van der Waals surface area (Å²) in [5.74, 6) is -1.25. The highest BCUT2D eigenvalue weighted by Gasteiger charge is 2.24. The molecule has 9 heteroatoms. The quantitative estimate of drug-likeness (QED) is 0.249. The van der Waals surface area contributed by atoms with Gasteiger partial charge in [0.1, 0.15) is 0 Å². The highest BCUT2D eigenvalue weighted by atomic mass is 32.2. The molecule has 0 radical (unpaired) electrons. The number of amides is 2. The minimum absolute atomic E-state index is 0.0731. The van der Waals surface area contributed by atoms with Gasteiger partial charge in [0, 0.05) is 29.8 Å². The number of sulfonamides is 1. The van der Waals surface area contributed by atoms with E-state index >= 15 is 0 Å². The van der Waals surface area contributed by atoms with Crippen LogP contribution in [0.25, 0.3) is 0 Å². The molecular weight excluding hydrogens is 538 g/mol. The molecule has 41 heavy (non-hydrogen) atoms. The molecule has 4 aromatic rings. The van der Waals surface area contributed by atoms with Crippen LogP contribution in [0, 0.1) is 6.92 Å². The highest BCUT2D eigenvalue weighted by Crippen LogP contribution is 2.24. The normalized spacial score (nSPS) is 11.4. The number of para-hydroxylation sites is 1.